The summed E-state index contributed by atoms with van der Waals surface area (Å²) in [5, 5.41) is 3.43. The summed E-state index contributed by atoms with van der Waals surface area (Å²) in [7, 11) is 0. The highest BCUT2D eigenvalue weighted by atomic mass is 15.1. The van der Waals surface area contributed by atoms with E-state index in [-0.39, 0.29) is 6.17 Å². The van der Waals surface area contributed by atoms with E-state index in [0.29, 0.717) is 6.04 Å². The van der Waals surface area contributed by atoms with Crippen LogP contribution in [0.2, 0.25) is 0 Å². The largest absolute Gasteiger partial charge is 0.289 e. The Labute approximate surface area is 78.7 Å². The lowest BCUT2D eigenvalue weighted by Crippen LogP contribution is -2.33. The van der Waals surface area contributed by atoms with Gasteiger partial charge in [-0.3, -0.25) is 10.3 Å². The molecular formula is C11H14N2. The molecule has 2 unspecified atom stereocenters. The van der Waals surface area contributed by atoms with Crippen molar-refractivity contribution in [2.45, 2.75) is 25.6 Å². The lowest BCUT2D eigenvalue weighted by atomic mass is 10.1. The molecular weight excluding hydrogens is 160 g/mol. The van der Waals surface area contributed by atoms with E-state index in [4.69, 9.17) is 0 Å². The van der Waals surface area contributed by atoms with Crippen LogP contribution in [-0.2, 0) is 0 Å². The summed E-state index contributed by atoms with van der Waals surface area (Å²) in [6, 6.07) is 10.9. The van der Waals surface area contributed by atoms with E-state index in [1.54, 1.807) is 0 Å². The Morgan fingerprint density at radius 3 is 2.77 bits per heavy atom. The molecule has 13 heavy (non-hydrogen) atoms. The normalized spacial score (nSPS) is 27.5. The Morgan fingerprint density at radius 2 is 2.08 bits per heavy atom. The molecule has 0 fully saturated rings. The van der Waals surface area contributed by atoms with Crippen LogP contribution in [0.4, 0.5) is 0 Å². The van der Waals surface area contributed by atoms with Crippen molar-refractivity contribution in [3.05, 3.63) is 35.9 Å². The van der Waals surface area contributed by atoms with Gasteiger partial charge in [0.25, 0.3) is 0 Å². The zero-order valence-electron chi connectivity index (χ0n) is 7.77. The van der Waals surface area contributed by atoms with Gasteiger partial charge in [0.2, 0.25) is 0 Å². The molecule has 1 aromatic rings. The second-order valence-electron chi connectivity index (χ2n) is 3.45. The van der Waals surface area contributed by atoms with Gasteiger partial charge >= 0.3 is 0 Å². The average Bonchev–Trinajstić information content (AvgIpc) is 2.19. The molecule has 1 N–H and O–H groups in total. The number of rotatable bonds is 1. The molecule has 2 heteroatoms. The van der Waals surface area contributed by atoms with Gasteiger partial charge in [0, 0.05) is 12.3 Å². The second-order valence-corrected chi connectivity index (χ2v) is 3.45. The Kier molecular flexibility index (Phi) is 2.41. The van der Waals surface area contributed by atoms with Crippen LogP contribution in [0.15, 0.2) is 35.3 Å². The van der Waals surface area contributed by atoms with Gasteiger partial charge in [0.05, 0.1) is 0 Å². The summed E-state index contributed by atoms with van der Waals surface area (Å²) < 4.78 is 0. The van der Waals surface area contributed by atoms with Gasteiger partial charge in [-0.15, -0.1) is 0 Å². The molecule has 0 amide bonds. The highest BCUT2D eigenvalue weighted by molar-refractivity contribution is 5.59. The smallest absolute Gasteiger partial charge is 0.125 e. The predicted octanol–water partition coefficient (Wildman–Crippen LogP) is 2.14. The minimum Gasteiger partial charge on any atom is -0.289 e. The van der Waals surface area contributed by atoms with Crippen LogP contribution in [0.1, 0.15) is 25.1 Å². The van der Waals surface area contributed by atoms with Crippen molar-refractivity contribution in [1.29, 1.82) is 0 Å². The number of hydrogen-bond donors (Lipinski definition) is 1. The fraction of sp³-hybridized carbons (Fsp3) is 0.364. The summed E-state index contributed by atoms with van der Waals surface area (Å²) in [6.45, 7) is 2.18. The van der Waals surface area contributed by atoms with Crippen molar-refractivity contribution in [3.8, 4) is 0 Å². The van der Waals surface area contributed by atoms with E-state index in [2.05, 4.69) is 29.4 Å². The van der Waals surface area contributed by atoms with Crippen LogP contribution in [0.3, 0.4) is 0 Å². The maximum Gasteiger partial charge on any atom is 0.125 e. The number of benzene rings is 1. The van der Waals surface area contributed by atoms with Crippen molar-refractivity contribution in [3.63, 3.8) is 0 Å². The molecule has 1 heterocycles. The third-order valence-electron chi connectivity index (χ3n) is 2.27. The van der Waals surface area contributed by atoms with Gasteiger partial charge in [0.1, 0.15) is 6.17 Å². The Bertz CT molecular complexity index is 292. The fourth-order valence-corrected chi connectivity index (χ4v) is 1.52. The van der Waals surface area contributed by atoms with Crippen LogP contribution >= 0.6 is 0 Å². The minimum atomic E-state index is 0.157. The fourth-order valence-electron chi connectivity index (χ4n) is 1.52. The Balaban J connectivity index is 2.18. The first-order valence-corrected chi connectivity index (χ1v) is 4.69. The van der Waals surface area contributed by atoms with Gasteiger partial charge < -0.3 is 0 Å². The quantitative estimate of drug-likeness (QED) is 0.693. The van der Waals surface area contributed by atoms with Crippen molar-refractivity contribution in [2.75, 3.05) is 0 Å². The van der Waals surface area contributed by atoms with Gasteiger partial charge in [-0.2, -0.15) is 0 Å². The van der Waals surface area contributed by atoms with Gasteiger partial charge in [-0.25, -0.2) is 0 Å². The molecule has 1 aliphatic heterocycles. The van der Waals surface area contributed by atoms with Crippen molar-refractivity contribution in [2.24, 2.45) is 4.99 Å². The van der Waals surface area contributed by atoms with Crippen molar-refractivity contribution < 1.29 is 0 Å². The molecule has 0 saturated carbocycles. The molecule has 0 spiro atoms. The number of nitrogens with zero attached hydrogens (tertiary/aromatic N) is 1. The minimum absolute atomic E-state index is 0.157. The number of nitrogens with one attached hydrogen (secondary N) is 1. The van der Waals surface area contributed by atoms with Gasteiger partial charge in [0.15, 0.2) is 0 Å². The van der Waals surface area contributed by atoms with Crippen LogP contribution in [-0.4, -0.2) is 12.3 Å². The number of hydrogen-bond acceptors (Lipinski definition) is 2. The second kappa shape index (κ2) is 3.71. The van der Waals surface area contributed by atoms with E-state index >= 15 is 0 Å². The van der Waals surface area contributed by atoms with Crippen LogP contribution in [0.25, 0.3) is 0 Å². The monoisotopic (exact) mass is 174 g/mol. The highest BCUT2D eigenvalue weighted by Crippen LogP contribution is 2.17. The first-order valence-electron chi connectivity index (χ1n) is 4.69. The molecule has 2 rings (SSSR count). The molecule has 0 radical (unpaired) electrons. The predicted molar refractivity (Wildman–Crippen MR) is 54.9 cm³/mol. The average molecular weight is 174 g/mol. The lowest BCUT2D eigenvalue weighted by Gasteiger charge is -2.23. The first-order chi connectivity index (χ1) is 6.36. The van der Waals surface area contributed by atoms with E-state index in [9.17, 15) is 0 Å². The lowest BCUT2D eigenvalue weighted by molar-refractivity contribution is 0.458. The third-order valence-corrected chi connectivity index (χ3v) is 2.27. The summed E-state index contributed by atoms with van der Waals surface area (Å²) in [6.07, 6.45) is 3.20. The zero-order valence-corrected chi connectivity index (χ0v) is 7.77. The maximum atomic E-state index is 4.41. The summed E-state index contributed by atoms with van der Waals surface area (Å²) in [5.74, 6) is 0. The van der Waals surface area contributed by atoms with Crippen molar-refractivity contribution in [1.82, 2.24) is 5.32 Å². The van der Waals surface area contributed by atoms with Crippen LogP contribution in [0, 0.1) is 0 Å². The first kappa shape index (κ1) is 8.45. The van der Waals surface area contributed by atoms with Gasteiger partial charge in [-0.1, -0.05) is 30.3 Å². The molecule has 2 atom stereocenters. The van der Waals surface area contributed by atoms with E-state index in [1.165, 1.54) is 5.56 Å². The standard InChI is InChI=1S/C11H14N2/c1-9-7-8-12-11(13-9)10-5-3-2-4-6-10/h2-6,8-9,11,13H,7H2,1H3. The van der Waals surface area contributed by atoms with Crippen molar-refractivity contribution >= 4 is 6.21 Å². The molecule has 1 aromatic carbocycles. The maximum absolute atomic E-state index is 4.41. The SMILES string of the molecule is CC1CC=NC(c2ccccc2)N1. The molecule has 0 saturated heterocycles. The van der Waals surface area contributed by atoms with E-state index in [0.717, 1.165) is 6.42 Å². The summed E-state index contributed by atoms with van der Waals surface area (Å²) in [5.41, 5.74) is 1.24. The molecule has 68 valence electrons. The van der Waals surface area contributed by atoms with Crippen LogP contribution in [0.5, 0.6) is 0 Å². The Morgan fingerprint density at radius 1 is 1.31 bits per heavy atom. The third kappa shape index (κ3) is 1.95. The molecule has 0 aliphatic carbocycles. The molecule has 0 aromatic heterocycles. The van der Waals surface area contributed by atoms with E-state index in [1.807, 2.05) is 24.4 Å². The molecule has 0 bridgehead atoms. The highest BCUT2D eigenvalue weighted by Gasteiger charge is 2.14. The zero-order chi connectivity index (χ0) is 9.10. The van der Waals surface area contributed by atoms with Gasteiger partial charge in [-0.05, 0) is 18.9 Å². The topological polar surface area (TPSA) is 24.4 Å². The summed E-state index contributed by atoms with van der Waals surface area (Å²) >= 11 is 0. The van der Waals surface area contributed by atoms with Crippen LogP contribution < -0.4 is 5.32 Å². The number of aliphatic imine (C=N–C) groups is 1. The Hall–Kier alpha value is -1.15. The summed E-state index contributed by atoms with van der Waals surface area (Å²) in [4.78, 5) is 4.41. The van der Waals surface area contributed by atoms with E-state index < -0.39 is 0 Å². The molecule has 1 aliphatic rings. The molecule has 2 nitrogen and oxygen atoms in total.